The molecule has 0 spiro atoms. The van der Waals surface area contributed by atoms with Gasteiger partial charge in [-0.3, -0.25) is 4.79 Å². The third-order valence-electron chi connectivity index (χ3n) is 5.21. The molecule has 1 aliphatic heterocycles. The van der Waals surface area contributed by atoms with Crippen molar-refractivity contribution in [1.29, 1.82) is 0 Å². The first kappa shape index (κ1) is 21.2. The van der Waals surface area contributed by atoms with Gasteiger partial charge in [-0.2, -0.15) is 13.1 Å². The Balaban J connectivity index is 1.43. The zero-order chi connectivity index (χ0) is 22.0. The molecule has 1 amide bonds. The summed E-state index contributed by atoms with van der Waals surface area (Å²) in [5.74, 6) is -0.316. The molecule has 9 heteroatoms. The van der Waals surface area contributed by atoms with Gasteiger partial charge in [0.25, 0.3) is 5.91 Å². The Morgan fingerprint density at radius 2 is 1.52 bits per heavy atom. The Bertz CT molecular complexity index is 1190. The first-order valence-corrected chi connectivity index (χ1v) is 11.1. The molecule has 162 valence electrons. The molecule has 1 heterocycles. The number of sulfonamides is 1. The number of carbonyl (C=O) groups is 1. The maximum atomic E-state index is 13.1. The van der Waals surface area contributed by atoms with Crippen LogP contribution >= 0.6 is 0 Å². The monoisotopic (exact) mass is 446 g/mol. The summed E-state index contributed by atoms with van der Waals surface area (Å²) in [6, 6.07) is 18.0. The highest BCUT2D eigenvalue weighted by molar-refractivity contribution is 7.89. The first-order chi connectivity index (χ1) is 14.8. The van der Waals surface area contributed by atoms with Crippen molar-refractivity contribution in [3.8, 4) is 5.75 Å². The fraction of sp³-hybridized carbons (Fsp3) is 0.227. The van der Waals surface area contributed by atoms with E-state index < -0.39 is 16.6 Å². The van der Waals surface area contributed by atoms with Gasteiger partial charge >= 0.3 is 6.61 Å². The standard InChI is InChI=1S/C22H20F2N2O4S/c23-22(24)30-19-8-5-17(6-9-19)21(27)25-11-13-26(14-12-25)31(28,29)20-10-7-16-3-1-2-4-18(16)15-20/h1-10,15,22H,11-14H2. The highest BCUT2D eigenvalue weighted by Crippen LogP contribution is 2.23. The highest BCUT2D eigenvalue weighted by Gasteiger charge is 2.30. The number of piperazine rings is 1. The molecule has 4 rings (SSSR count). The lowest BCUT2D eigenvalue weighted by molar-refractivity contribution is -0.0498. The van der Waals surface area contributed by atoms with Crippen molar-refractivity contribution in [2.75, 3.05) is 26.2 Å². The van der Waals surface area contributed by atoms with Gasteiger partial charge in [0.15, 0.2) is 0 Å². The number of rotatable bonds is 5. The van der Waals surface area contributed by atoms with Crippen molar-refractivity contribution in [1.82, 2.24) is 9.21 Å². The Hall–Kier alpha value is -3.04. The molecule has 0 aromatic heterocycles. The number of nitrogens with zero attached hydrogens (tertiary/aromatic N) is 2. The molecule has 31 heavy (non-hydrogen) atoms. The zero-order valence-corrected chi connectivity index (χ0v) is 17.3. The smallest absolute Gasteiger partial charge is 0.387 e. The molecule has 0 radical (unpaired) electrons. The molecule has 0 atom stereocenters. The number of halogens is 2. The number of ether oxygens (including phenoxy) is 1. The summed E-state index contributed by atoms with van der Waals surface area (Å²) < 4.78 is 56.3. The Kier molecular flexibility index (Phi) is 5.88. The average Bonchev–Trinajstić information content (AvgIpc) is 2.78. The van der Waals surface area contributed by atoms with Gasteiger partial charge in [-0.1, -0.05) is 30.3 Å². The van der Waals surface area contributed by atoms with Crippen LogP contribution in [0.5, 0.6) is 5.75 Å². The molecule has 0 aliphatic carbocycles. The van der Waals surface area contributed by atoms with E-state index in [-0.39, 0.29) is 42.7 Å². The molecule has 0 N–H and O–H groups in total. The third kappa shape index (κ3) is 4.52. The quantitative estimate of drug-likeness (QED) is 0.601. The Morgan fingerprint density at radius 3 is 2.16 bits per heavy atom. The maximum absolute atomic E-state index is 13.1. The molecule has 0 bridgehead atoms. The van der Waals surface area contributed by atoms with E-state index in [1.807, 2.05) is 24.3 Å². The first-order valence-electron chi connectivity index (χ1n) is 9.68. The van der Waals surface area contributed by atoms with E-state index in [1.165, 1.54) is 28.6 Å². The van der Waals surface area contributed by atoms with Crippen molar-refractivity contribution in [2.45, 2.75) is 11.5 Å². The summed E-state index contributed by atoms with van der Waals surface area (Å²) in [6.45, 7) is -2.11. The topological polar surface area (TPSA) is 66.9 Å². The summed E-state index contributed by atoms with van der Waals surface area (Å²) in [5.41, 5.74) is 0.326. The van der Waals surface area contributed by atoms with Crippen molar-refractivity contribution in [3.63, 3.8) is 0 Å². The van der Waals surface area contributed by atoms with Crippen LogP contribution in [-0.4, -0.2) is 56.3 Å². The zero-order valence-electron chi connectivity index (χ0n) is 16.4. The number of carbonyl (C=O) groups excluding carboxylic acids is 1. The van der Waals surface area contributed by atoms with Crippen LogP contribution in [0.1, 0.15) is 10.4 Å². The molecule has 1 fully saturated rings. The fourth-order valence-electron chi connectivity index (χ4n) is 3.57. The molecular formula is C22H20F2N2O4S. The van der Waals surface area contributed by atoms with E-state index in [9.17, 15) is 22.0 Å². The van der Waals surface area contributed by atoms with E-state index in [1.54, 1.807) is 23.1 Å². The SMILES string of the molecule is O=C(c1ccc(OC(F)F)cc1)N1CCN(S(=O)(=O)c2ccc3ccccc3c2)CC1. The van der Waals surface area contributed by atoms with E-state index in [0.29, 0.717) is 5.56 Å². The van der Waals surface area contributed by atoms with Gasteiger partial charge in [0, 0.05) is 31.7 Å². The number of fused-ring (bicyclic) bond motifs is 1. The molecule has 6 nitrogen and oxygen atoms in total. The molecule has 3 aromatic rings. The number of alkyl halides is 2. The largest absolute Gasteiger partial charge is 0.435 e. The minimum absolute atomic E-state index is 0.0298. The Labute approximate surface area is 178 Å². The van der Waals surface area contributed by atoms with Crippen LogP contribution < -0.4 is 4.74 Å². The summed E-state index contributed by atoms with van der Waals surface area (Å²) in [6.07, 6.45) is 0. The summed E-state index contributed by atoms with van der Waals surface area (Å²) >= 11 is 0. The summed E-state index contributed by atoms with van der Waals surface area (Å²) in [4.78, 5) is 14.4. The van der Waals surface area contributed by atoms with E-state index in [2.05, 4.69) is 4.74 Å². The molecule has 3 aromatic carbocycles. The van der Waals surface area contributed by atoms with Gasteiger partial charge in [0.2, 0.25) is 10.0 Å². The van der Waals surface area contributed by atoms with Crippen molar-refractivity contribution < 1.29 is 26.7 Å². The van der Waals surface area contributed by atoms with Gasteiger partial charge in [0.05, 0.1) is 4.90 Å². The second-order valence-corrected chi connectivity index (χ2v) is 9.05. The van der Waals surface area contributed by atoms with Gasteiger partial charge in [-0.15, -0.1) is 0 Å². The summed E-state index contributed by atoms with van der Waals surface area (Å²) in [5, 5.41) is 1.80. The predicted molar refractivity (Wildman–Crippen MR) is 112 cm³/mol. The second-order valence-electron chi connectivity index (χ2n) is 7.11. The van der Waals surface area contributed by atoms with E-state index in [0.717, 1.165) is 10.8 Å². The minimum atomic E-state index is -3.68. The van der Waals surface area contributed by atoms with Gasteiger partial charge in [-0.05, 0) is 47.2 Å². The molecule has 1 aliphatic rings. The number of hydrogen-bond donors (Lipinski definition) is 0. The fourth-order valence-corrected chi connectivity index (χ4v) is 5.03. The van der Waals surface area contributed by atoms with Crippen LogP contribution in [0.15, 0.2) is 71.6 Å². The molecule has 1 saturated heterocycles. The normalized spacial score (nSPS) is 15.4. The molecule has 0 saturated carbocycles. The second kappa shape index (κ2) is 8.60. The van der Waals surface area contributed by atoms with Crippen molar-refractivity contribution in [2.24, 2.45) is 0 Å². The van der Waals surface area contributed by atoms with Crippen molar-refractivity contribution in [3.05, 3.63) is 72.3 Å². The van der Waals surface area contributed by atoms with Gasteiger partial charge in [0.1, 0.15) is 5.75 Å². The van der Waals surface area contributed by atoms with E-state index >= 15 is 0 Å². The summed E-state index contributed by atoms with van der Waals surface area (Å²) in [7, 11) is -3.68. The molecule has 0 unspecified atom stereocenters. The van der Waals surface area contributed by atoms with E-state index in [4.69, 9.17) is 0 Å². The maximum Gasteiger partial charge on any atom is 0.387 e. The number of hydrogen-bond acceptors (Lipinski definition) is 4. The van der Waals surface area contributed by atoms with Crippen LogP contribution in [0.25, 0.3) is 10.8 Å². The van der Waals surface area contributed by atoms with Crippen LogP contribution in [-0.2, 0) is 10.0 Å². The Morgan fingerprint density at radius 1 is 0.871 bits per heavy atom. The minimum Gasteiger partial charge on any atom is -0.435 e. The third-order valence-corrected chi connectivity index (χ3v) is 7.11. The van der Waals surface area contributed by atoms with Gasteiger partial charge in [-0.25, -0.2) is 8.42 Å². The van der Waals surface area contributed by atoms with Gasteiger partial charge < -0.3 is 9.64 Å². The van der Waals surface area contributed by atoms with Crippen LogP contribution in [0.2, 0.25) is 0 Å². The lowest BCUT2D eigenvalue weighted by Gasteiger charge is -2.34. The van der Waals surface area contributed by atoms with Crippen LogP contribution in [0, 0.1) is 0 Å². The van der Waals surface area contributed by atoms with Crippen LogP contribution in [0.3, 0.4) is 0 Å². The highest BCUT2D eigenvalue weighted by atomic mass is 32.2. The lowest BCUT2D eigenvalue weighted by atomic mass is 10.1. The number of amides is 1. The predicted octanol–water partition coefficient (Wildman–Crippen LogP) is 3.59. The number of benzene rings is 3. The lowest BCUT2D eigenvalue weighted by Crippen LogP contribution is -2.50. The van der Waals surface area contributed by atoms with Crippen LogP contribution in [0.4, 0.5) is 8.78 Å². The average molecular weight is 446 g/mol. The molecular weight excluding hydrogens is 426 g/mol. The van der Waals surface area contributed by atoms with Crippen molar-refractivity contribution >= 4 is 26.7 Å².